The summed E-state index contributed by atoms with van der Waals surface area (Å²) in [4.78, 5) is 23.9. The lowest BCUT2D eigenvalue weighted by molar-refractivity contribution is -0.138. The number of alkyl halides is 3. The molecule has 0 spiro atoms. The number of pyridine rings is 2. The number of benzene rings is 1. The second-order valence-electron chi connectivity index (χ2n) is 5.87. The first-order valence-electron chi connectivity index (χ1n) is 8.17. The predicted molar refractivity (Wildman–Crippen MR) is 102 cm³/mol. The first-order valence-corrected chi connectivity index (χ1v) is 8.96. The molecule has 0 saturated carbocycles. The molecule has 0 bridgehead atoms. The highest BCUT2D eigenvalue weighted by Crippen LogP contribution is 2.36. The molecule has 6 nitrogen and oxygen atoms in total. The van der Waals surface area contributed by atoms with Gasteiger partial charge in [-0.05, 0) is 58.4 Å². The maximum absolute atomic E-state index is 13.2. The summed E-state index contributed by atoms with van der Waals surface area (Å²) in [5.41, 5.74) is -0.423. The van der Waals surface area contributed by atoms with Crippen molar-refractivity contribution >= 4 is 26.8 Å². The molecule has 4 rings (SSSR count). The third-order valence-electron chi connectivity index (χ3n) is 4.04. The summed E-state index contributed by atoms with van der Waals surface area (Å²) >= 11 is 3.35. The highest BCUT2D eigenvalue weighted by Gasteiger charge is 2.35. The molecule has 0 unspecified atom stereocenters. The maximum atomic E-state index is 13.2. The van der Waals surface area contributed by atoms with E-state index in [1.165, 1.54) is 30.7 Å². The topological polar surface area (TPSA) is 69.9 Å². The van der Waals surface area contributed by atoms with E-state index in [0.717, 1.165) is 6.07 Å². The molecule has 29 heavy (non-hydrogen) atoms. The predicted octanol–water partition coefficient (Wildman–Crippen LogP) is 4.75. The van der Waals surface area contributed by atoms with E-state index in [-0.39, 0.29) is 11.1 Å². The molecule has 4 aromatic rings. The Morgan fingerprint density at radius 1 is 1.00 bits per heavy atom. The quantitative estimate of drug-likeness (QED) is 0.411. The molecule has 0 aliphatic carbocycles. The standard InChI is InChI=1S/C19H10BrF3N4O2/c20-16-15(4-2-7-24-16)27-10-26-17(28)12-9-11(5-6-14(12)27)29-18-13(19(21,22)23)3-1-8-25-18/h1-10H. The van der Waals surface area contributed by atoms with Crippen molar-refractivity contribution in [1.29, 1.82) is 0 Å². The van der Waals surface area contributed by atoms with Gasteiger partial charge < -0.3 is 4.74 Å². The number of aromatic nitrogens is 4. The van der Waals surface area contributed by atoms with Gasteiger partial charge in [0.15, 0.2) is 0 Å². The number of rotatable bonds is 3. The molecule has 0 saturated heterocycles. The Bertz CT molecular complexity index is 1270. The zero-order chi connectivity index (χ0) is 20.6. The number of hydrogen-bond acceptors (Lipinski definition) is 5. The average molecular weight is 463 g/mol. The molecular weight excluding hydrogens is 453 g/mol. The van der Waals surface area contributed by atoms with Crippen molar-refractivity contribution < 1.29 is 17.9 Å². The molecule has 1 aromatic carbocycles. The molecule has 0 radical (unpaired) electrons. The van der Waals surface area contributed by atoms with Crippen LogP contribution in [0.2, 0.25) is 0 Å². The van der Waals surface area contributed by atoms with Gasteiger partial charge in [0.2, 0.25) is 5.88 Å². The Morgan fingerprint density at radius 3 is 2.52 bits per heavy atom. The summed E-state index contributed by atoms with van der Waals surface area (Å²) in [7, 11) is 0. The third kappa shape index (κ3) is 3.70. The van der Waals surface area contributed by atoms with Crippen LogP contribution in [0.3, 0.4) is 0 Å². The van der Waals surface area contributed by atoms with Crippen molar-refractivity contribution in [2.75, 3.05) is 0 Å². The number of ether oxygens (including phenoxy) is 1. The van der Waals surface area contributed by atoms with Crippen LogP contribution in [0.1, 0.15) is 5.56 Å². The van der Waals surface area contributed by atoms with Crippen molar-refractivity contribution in [2.45, 2.75) is 6.18 Å². The summed E-state index contributed by atoms with van der Waals surface area (Å²) in [6.07, 6.45) is -0.475. The molecule has 0 aliphatic rings. The average Bonchev–Trinajstić information content (AvgIpc) is 2.69. The van der Waals surface area contributed by atoms with Gasteiger partial charge in [-0.1, -0.05) is 0 Å². The number of nitrogens with zero attached hydrogens (tertiary/aromatic N) is 4. The minimum atomic E-state index is -4.62. The highest BCUT2D eigenvalue weighted by atomic mass is 79.9. The van der Waals surface area contributed by atoms with E-state index < -0.39 is 23.2 Å². The second kappa shape index (κ2) is 7.28. The molecular formula is C19H10BrF3N4O2. The van der Waals surface area contributed by atoms with Crippen LogP contribution < -0.4 is 10.3 Å². The summed E-state index contributed by atoms with van der Waals surface area (Å²) < 4.78 is 47.0. The second-order valence-corrected chi connectivity index (χ2v) is 6.62. The fraction of sp³-hybridized carbons (Fsp3) is 0.0526. The normalized spacial score (nSPS) is 11.6. The van der Waals surface area contributed by atoms with Gasteiger partial charge in [0.25, 0.3) is 5.56 Å². The van der Waals surface area contributed by atoms with Gasteiger partial charge in [-0.3, -0.25) is 9.36 Å². The molecule has 0 N–H and O–H groups in total. The van der Waals surface area contributed by atoms with Crippen molar-refractivity contribution in [2.24, 2.45) is 0 Å². The zero-order valence-electron chi connectivity index (χ0n) is 14.4. The summed E-state index contributed by atoms with van der Waals surface area (Å²) in [5, 5.41) is 0.172. The first kappa shape index (κ1) is 19.1. The van der Waals surface area contributed by atoms with E-state index in [0.29, 0.717) is 15.8 Å². The Kier molecular flexibility index (Phi) is 4.79. The first-order chi connectivity index (χ1) is 13.8. The van der Waals surface area contributed by atoms with E-state index >= 15 is 0 Å². The number of hydrogen-bond donors (Lipinski definition) is 0. The smallest absolute Gasteiger partial charge is 0.421 e. The van der Waals surface area contributed by atoms with E-state index in [1.807, 2.05) is 0 Å². The van der Waals surface area contributed by atoms with Gasteiger partial charge in [0, 0.05) is 12.4 Å². The van der Waals surface area contributed by atoms with Gasteiger partial charge in [-0.2, -0.15) is 18.2 Å². The Balaban J connectivity index is 1.82. The molecule has 146 valence electrons. The SMILES string of the molecule is O=c1ncn(-c2cccnc2Br)c2ccc(Oc3ncccc3C(F)(F)F)cc12. The molecule has 3 aromatic heterocycles. The van der Waals surface area contributed by atoms with Crippen LogP contribution in [0.5, 0.6) is 11.6 Å². The molecule has 0 amide bonds. The van der Waals surface area contributed by atoms with E-state index in [4.69, 9.17) is 4.74 Å². The van der Waals surface area contributed by atoms with E-state index in [9.17, 15) is 18.0 Å². The summed E-state index contributed by atoms with van der Waals surface area (Å²) in [6.45, 7) is 0. The van der Waals surface area contributed by atoms with Crippen LogP contribution in [0.25, 0.3) is 16.6 Å². The summed E-state index contributed by atoms with van der Waals surface area (Å²) in [5.74, 6) is -0.567. The largest absolute Gasteiger partial charge is 0.438 e. The van der Waals surface area contributed by atoms with Crippen LogP contribution in [0.4, 0.5) is 13.2 Å². The lowest BCUT2D eigenvalue weighted by Gasteiger charge is -2.14. The van der Waals surface area contributed by atoms with Gasteiger partial charge in [0.1, 0.15) is 22.2 Å². The van der Waals surface area contributed by atoms with Gasteiger partial charge >= 0.3 is 6.18 Å². The van der Waals surface area contributed by atoms with Crippen molar-refractivity contribution in [3.63, 3.8) is 0 Å². The van der Waals surface area contributed by atoms with E-state index in [2.05, 4.69) is 30.9 Å². The monoisotopic (exact) mass is 462 g/mol. The van der Waals surface area contributed by atoms with Gasteiger partial charge in [-0.25, -0.2) is 9.97 Å². The lowest BCUT2D eigenvalue weighted by Crippen LogP contribution is -2.12. The molecule has 0 fully saturated rings. The minimum absolute atomic E-state index is 0.0311. The fourth-order valence-corrected chi connectivity index (χ4v) is 3.19. The highest BCUT2D eigenvalue weighted by molar-refractivity contribution is 9.10. The van der Waals surface area contributed by atoms with Crippen molar-refractivity contribution in [3.8, 4) is 17.3 Å². The fourth-order valence-electron chi connectivity index (χ4n) is 2.75. The number of fused-ring (bicyclic) bond motifs is 1. The Hall–Kier alpha value is -3.27. The van der Waals surface area contributed by atoms with E-state index in [1.54, 1.807) is 29.0 Å². The summed E-state index contributed by atoms with van der Waals surface area (Å²) in [6, 6.07) is 9.89. The number of halogens is 4. The van der Waals surface area contributed by atoms with Gasteiger partial charge in [0.05, 0.1) is 16.6 Å². The van der Waals surface area contributed by atoms with Crippen LogP contribution in [-0.2, 0) is 6.18 Å². The van der Waals surface area contributed by atoms with Crippen molar-refractivity contribution in [3.05, 3.63) is 81.7 Å². The van der Waals surface area contributed by atoms with Gasteiger partial charge in [-0.15, -0.1) is 0 Å². The van der Waals surface area contributed by atoms with Crippen LogP contribution in [-0.4, -0.2) is 19.5 Å². The van der Waals surface area contributed by atoms with Crippen LogP contribution >= 0.6 is 15.9 Å². The molecule has 10 heteroatoms. The van der Waals surface area contributed by atoms with Crippen LogP contribution in [0, 0.1) is 0 Å². The third-order valence-corrected chi connectivity index (χ3v) is 4.65. The van der Waals surface area contributed by atoms with Crippen LogP contribution in [0.15, 0.2) is 70.6 Å². The maximum Gasteiger partial charge on any atom is 0.421 e. The molecule has 3 heterocycles. The lowest BCUT2D eigenvalue weighted by atomic mass is 10.2. The molecule has 0 atom stereocenters. The van der Waals surface area contributed by atoms with Crippen molar-refractivity contribution in [1.82, 2.24) is 19.5 Å². The molecule has 0 aliphatic heterocycles. The Labute approximate surface area is 169 Å². The minimum Gasteiger partial charge on any atom is -0.438 e. The Morgan fingerprint density at radius 2 is 1.76 bits per heavy atom. The zero-order valence-corrected chi connectivity index (χ0v) is 16.0.